The molecular formula is C13H20BrN. The Morgan fingerprint density at radius 1 is 1.33 bits per heavy atom. The van der Waals surface area contributed by atoms with Crippen molar-refractivity contribution in [1.29, 1.82) is 0 Å². The van der Waals surface area contributed by atoms with Gasteiger partial charge in [0.15, 0.2) is 0 Å². The van der Waals surface area contributed by atoms with Crippen molar-refractivity contribution in [2.24, 2.45) is 5.92 Å². The molecule has 1 aromatic carbocycles. The van der Waals surface area contributed by atoms with Crippen LogP contribution in [0.2, 0.25) is 0 Å². The second-order valence-electron chi connectivity index (χ2n) is 4.19. The second-order valence-corrected chi connectivity index (χ2v) is 5.10. The zero-order chi connectivity index (χ0) is 11.3. The third-order valence-corrected chi connectivity index (χ3v) is 3.51. The first-order valence-corrected chi connectivity index (χ1v) is 6.40. The summed E-state index contributed by atoms with van der Waals surface area (Å²) in [6.07, 6.45) is 1.23. The first-order chi connectivity index (χ1) is 7.13. The minimum absolute atomic E-state index is 0.578. The maximum atomic E-state index is 3.56. The zero-order valence-corrected chi connectivity index (χ0v) is 11.3. The van der Waals surface area contributed by atoms with Gasteiger partial charge in [-0.2, -0.15) is 0 Å². The van der Waals surface area contributed by atoms with Gasteiger partial charge in [-0.05, 0) is 30.5 Å². The van der Waals surface area contributed by atoms with Crippen LogP contribution in [0.1, 0.15) is 32.8 Å². The van der Waals surface area contributed by atoms with Crippen LogP contribution in [-0.2, 0) is 6.54 Å². The molecule has 0 fully saturated rings. The van der Waals surface area contributed by atoms with E-state index in [4.69, 9.17) is 0 Å². The Balaban J connectivity index is 2.43. The van der Waals surface area contributed by atoms with E-state index < -0.39 is 0 Å². The Labute approximate surface area is 101 Å². The summed E-state index contributed by atoms with van der Waals surface area (Å²) in [5.41, 5.74) is 1.33. The Hall–Kier alpha value is -0.340. The number of hydrogen-bond donors (Lipinski definition) is 1. The van der Waals surface area contributed by atoms with Crippen LogP contribution >= 0.6 is 15.9 Å². The molecule has 1 N–H and O–H groups in total. The summed E-state index contributed by atoms with van der Waals surface area (Å²) in [6.45, 7) is 7.73. The van der Waals surface area contributed by atoms with E-state index >= 15 is 0 Å². The highest BCUT2D eigenvalue weighted by molar-refractivity contribution is 9.10. The van der Waals surface area contributed by atoms with E-state index in [0.29, 0.717) is 6.04 Å². The lowest BCUT2D eigenvalue weighted by Gasteiger charge is -2.19. The molecule has 1 nitrogen and oxygen atoms in total. The Morgan fingerprint density at radius 2 is 2.07 bits per heavy atom. The van der Waals surface area contributed by atoms with Crippen molar-refractivity contribution in [1.82, 2.24) is 5.32 Å². The van der Waals surface area contributed by atoms with Crippen LogP contribution in [-0.4, -0.2) is 6.04 Å². The van der Waals surface area contributed by atoms with Crippen LogP contribution < -0.4 is 5.32 Å². The van der Waals surface area contributed by atoms with Crippen molar-refractivity contribution in [3.05, 3.63) is 34.3 Å². The first kappa shape index (κ1) is 12.7. The van der Waals surface area contributed by atoms with Gasteiger partial charge in [0, 0.05) is 17.1 Å². The van der Waals surface area contributed by atoms with Crippen molar-refractivity contribution in [2.75, 3.05) is 0 Å². The summed E-state index contributed by atoms with van der Waals surface area (Å²) >= 11 is 3.48. The summed E-state index contributed by atoms with van der Waals surface area (Å²) in [5.74, 6) is 0.733. The van der Waals surface area contributed by atoms with Crippen LogP contribution in [0.4, 0.5) is 0 Å². The molecule has 0 amide bonds. The molecule has 1 aromatic rings. The maximum absolute atomic E-state index is 3.56. The SMILES string of the molecule is CCC(C)C(C)NCc1cccc(Br)c1. The number of benzene rings is 1. The molecule has 0 saturated heterocycles. The largest absolute Gasteiger partial charge is 0.310 e. The Bertz CT molecular complexity index is 298. The molecule has 0 aliphatic carbocycles. The molecule has 0 aliphatic heterocycles. The molecule has 0 saturated carbocycles. The van der Waals surface area contributed by atoms with E-state index in [0.717, 1.165) is 16.9 Å². The van der Waals surface area contributed by atoms with Gasteiger partial charge in [0.1, 0.15) is 0 Å². The molecule has 0 aliphatic rings. The summed E-state index contributed by atoms with van der Waals surface area (Å²) in [4.78, 5) is 0. The third-order valence-electron chi connectivity index (χ3n) is 3.01. The fourth-order valence-electron chi connectivity index (χ4n) is 1.48. The lowest BCUT2D eigenvalue weighted by molar-refractivity contribution is 0.389. The van der Waals surface area contributed by atoms with Crippen LogP contribution in [0.3, 0.4) is 0 Å². The average Bonchev–Trinajstić information content (AvgIpc) is 2.25. The van der Waals surface area contributed by atoms with Gasteiger partial charge in [0.25, 0.3) is 0 Å². The highest BCUT2D eigenvalue weighted by atomic mass is 79.9. The summed E-state index contributed by atoms with van der Waals surface area (Å²) in [7, 11) is 0. The van der Waals surface area contributed by atoms with Gasteiger partial charge in [-0.15, -0.1) is 0 Å². The van der Waals surface area contributed by atoms with E-state index in [9.17, 15) is 0 Å². The number of hydrogen-bond acceptors (Lipinski definition) is 1. The molecule has 15 heavy (non-hydrogen) atoms. The van der Waals surface area contributed by atoms with Crippen molar-refractivity contribution in [2.45, 2.75) is 39.8 Å². The maximum Gasteiger partial charge on any atom is 0.0208 e. The quantitative estimate of drug-likeness (QED) is 0.853. The van der Waals surface area contributed by atoms with Crippen LogP contribution in [0.25, 0.3) is 0 Å². The smallest absolute Gasteiger partial charge is 0.0208 e. The van der Waals surface area contributed by atoms with Crippen LogP contribution in [0.5, 0.6) is 0 Å². The Morgan fingerprint density at radius 3 is 2.67 bits per heavy atom. The molecule has 84 valence electrons. The van der Waals surface area contributed by atoms with Gasteiger partial charge in [-0.3, -0.25) is 0 Å². The normalized spacial score (nSPS) is 14.9. The molecule has 0 radical (unpaired) electrons. The molecule has 1 rings (SSSR count). The molecule has 2 heteroatoms. The van der Waals surface area contributed by atoms with E-state index in [1.54, 1.807) is 0 Å². The number of rotatable bonds is 5. The lowest BCUT2D eigenvalue weighted by atomic mass is 10.0. The molecular weight excluding hydrogens is 250 g/mol. The predicted octanol–water partition coefficient (Wildman–Crippen LogP) is 3.97. The highest BCUT2D eigenvalue weighted by Crippen LogP contribution is 2.12. The Kier molecular flexibility index (Phi) is 5.34. The van der Waals surface area contributed by atoms with Gasteiger partial charge >= 0.3 is 0 Å². The zero-order valence-electron chi connectivity index (χ0n) is 9.76. The topological polar surface area (TPSA) is 12.0 Å². The van der Waals surface area contributed by atoms with Gasteiger partial charge < -0.3 is 5.32 Å². The van der Waals surface area contributed by atoms with E-state index in [1.807, 2.05) is 0 Å². The van der Waals surface area contributed by atoms with Gasteiger partial charge in [0.05, 0.1) is 0 Å². The molecule has 2 unspecified atom stereocenters. The summed E-state index contributed by atoms with van der Waals surface area (Å²) in [6, 6.07) is 9.03. The van der Waals surface area contributed by atoms with Crippen LogP contribution in [0.15, 0.2) is 28.7 Å². The third kappa shape index (κ3) is 4.35. The second kappa shape index (κ2) is 6.29. The van der Waals surface area contributed by atoms with Crippen molar-refractivity contribution >= 4 is 15.9 Å². The monoisotopic (exact) mass is 269 g/mol. The average molecular weight is 270 g/mol. The van der Waals surface area contributed by atoms with E-state index in [-0.39, 0.29) is 0 Å². The first-order valence-electron chi connectivity index (χ1n) is 5.61. The summed E-state index contributed by atoms with van der Waals surface area (Å²) < 4.78 is 1.15. The standard InChI is InChI=1S/C13H20BrN/c1-4-10(2)11(3)15-9-12-6-5-7-13(14)8-12/h5-8,10-11,15H,4,9H2,1-3H3. The highest BCUT2D eigenvalue weighted by Gasteiger charge is 2.08. The fourth-order valence-corrected chi connectivity index (χ4v) is 1.93. The molecule has 0 heterocycles. The number of halogens is 1. The molecule has 0 bridgehead atoms. The van der Waals surface area contributed by atoms with Gasteiger partial charge in [0.2, 0.25) is 0 Å². The minimum Gasteiger partial charge on any atom is -0.310 e. The lowest BCUT2D eigenvalue weighted by Crippen LogP contribution is -2.31. The summed E-state index contributed by atoms with van der Waals surface area (Å²) in [5, 5.41) is 3.56. The van der Waals surface area contributed by atoms with Crippen LogP contribution in [0, 0.1) is 5.92 Å². The van der Waals surface area contributed by atoms with Crippen molar-refractivity contribution in [3.8, 4) is 0 Å². The predicted molar refractivity (Wildman–Crippen MR) is 69.9 cm³/mol. The molecule has 0 spiro atoms. The molecule has 0 aromatic heterocycles. The minimum atomic E-state index is 0.578. The van der Waals surface area contributed by atoms with Crippen molar-refractivity contribution in [3.63, 3.8) is 0 Å². The fraction of sp³-hybridized carbons (Fsp3) is 0.538. The van der Waals surface area contributed by atoms with E-state index in [1.165, 1.54) is 12.0 Å². The number of nitrogens with one attached hydrogen (secondary N) is 1. The van der Waals surface area contributed by atoms with E-state index in [2.05, 4.69) is 66.3 Å². The van der Waals surface area contributed by atoms with Crippen molar-refractivity contribution < 1.29 is 0 Å². The van der Waals surface area contributed by atoms with Gasteiger partial charge in [-0.1, -0.05) is 48.3 Å². The molecule has 2 atom stereocenters. The van der Waals surface area contributed by atoms with Gasteiger partial charge in [-0.25, -0.2) is 0 Å².